The van der Waals surface area contributed by atoms with Crippen LogP contribution in [0.25, 0.3) is 0 Å². The Bertz CT molecular complexity index is 436. The van der Waals surface area contributed by atoms with Gasteiger partial charge in [0.2, 0.25) is 11.7 Å². The van der Waals surface area contributed by atoms with Gasteiger partial charge < -0.3 is 4.74 Å². The fourth-order valence-electron chi connectivity index (χ4n) is 1.08. The van der Waals surface area contributed by atoms with E-state index in [2.05, 4.69) is 0 Å². The first-order valence-electron chi connectivity index (χ1n) is 4.52. The summed E-state index contributed by atoms with van der Waals surface area (Å²) < 4.78 is 4.71. The van der Waals surface area contributed by atoms with Gasteiger partial charge in [0.05, 0.1) is 0 Å². The average Bonchev–Trinajstić information content (AvgIpc) is 2.25. The number of carbonyl (C=O) groups excluding carboxylic acids is 2. The highest BCUT2D eigenvalue weighted by molar-refractivity contribution is 5.76. The molecule has 5 heteroatoms. The summed E-state index contributed by atoms with van der Waals surface area (Å²) >= 11 is 0. The first-order valence-corrected chi connectivity index (χ1v) is 4.52. The van der Waals surface area contributed by atoms with Crippen molar-refractivity contribution < 1.29 is 14.3 Å². The molecule has 0 aliphatic carbocycles. The molecule has 1 amide bonds. The molecule has 1 aliphatic heterocycles. The maximum atomic E-state index is 11.0. The van der Waals surface area contributed by atoms with Crippen molar-refractivity contribution in [2.45, 2.75) is 13.8 Å². The molecule has 0 saturated heterocycles. The minimum absolute atomic E-state index is 0.0804. The van der Waals surface area contributed by atoms with E-state index in [-0.39, 0.29) is 11.7 Å². The van der Waals surface area contributed by atoms with Crippen LogP contribution in [0.3, 0.4) is 0 Å². The first kappa shape index (κ1) is 11.7. The molecule has 1 aliphatic rings. The van der Waals surface area contributed by atoms with E-state index in [0.29, 0.717) is 5.57 Å². The van der Waals surface area contributed by atoms with Crippen molar-refractivity contribution in [3.8, 4) is 6.07 Å². The second-order valence-corrected chi connectivity index (χ2v) is 3.05. The Hall–Kier alpha value is -2.35. The highest BCUT2D eigenvalue weighted by Gasteiger charge is 2.10. The van der Waals surface area contributed by atoms with Crippen LogP contribution in [-0.2, 0) is 14.3 Å². The number of rotatable bonds is 1. The fourth-order valence-corrected chi connectivity index (χ4v) is 1.08. The van der Waals surface area contributed by atoms with Crippen molar-refractivity contribution in [3.63, 3.8) is 0 Å². The van der Waals surface area contributed by atoms with Gasteiger partial charge in [-0.3, -0.25) is 14.5 Å². The van der Waals surface area contributed by atoms with Gasteiger partial charge in [-0.2, -0.15) is 5.26 Å². The SMILES string of the molecule is CC(=O)OC(C#N)=C1C=CN(C(C)=O)C=C1. The van der Waals surface area contributed by atoms with Crippen molar-refractivity contribution in [2.75, 3.05) is 0 Å². The summed E-state index contributed by atoms with van der Waals surface area (Å²) in [6, 6.07) is 1.78. The number of hydrogen-bond donors (Lipinski definition) is 0. The summed E-state index contributed by atoms with van der Waals surface area (Å²) in [6.07, 6.45) is 6.06. The summed E-state index contributed by atoms with van der Waals surface area (Å²) in [6.45, 7) is 2.64. The first-order chi connectivity index (χ1) is 7.54. The molecule has 0 fully saturated rings. The summed E-state index contributed by atoms with van der Waals surface area (Å²) in [5.41, 5.74) is 0.454. The maximum Gasteiger partial charge on any atom is 0.308 e. The molecule has 0 saturated carbocycles. The molecule has 0 spiro atoms. The smallest absolute Gasteiger partial charge is 0.308 e. The minimum atomic E-state index is -0.556. The molecule has 0 N–H and O–H groups in total. The highest BCUT2D eigenvalue weighted by Crippen LogP contribution is 2.14. The second kappa shape index (κ2) is 4.94. The van der Waals surface area contributed by atoms with Gasteiger partial charge in [-0.15, -0.1) is 0 Å². The number of ether oxygens (including phenoxy) is 1. The Morgan fingerprint density at radius 3 is 2.25 bits per heavy atom. The molecule has 0 unspecified atom stereocenters. The summed E-state index contributed by atoms with van der Waals surface area (Å²) in [7, 11) is 0. The van der Waals surface area contributed by atoms with Crippen molar-refractivity contribution in [2.24, 2.45) is 0 Å². The molecule has 82 valence electrons. The van der Waals surface area contributed by atoms with Crippen molar-refractivity contribution in [3.05, 3.63) is 35.9 Å². The molecular weight excluding hydrogens is 208 g/mol. The average molecular weight is 218 g/mol. The predicted octanol–water partition coefficient (Wildman–Crippen LogP) is 1.22. The minimum Gasteiger partial charge on any atom is -0.415 e. The highest BCUT2D eigenvalue weighted by atomic mass is 16.5. The predicted molar refractivity (Wildman–Crippen MR) is 55.2 cm³/mol. The Morgan fingerprint density at radius 2 is 1.88 bits per heavy atom. The van der Waals surface area contributed by atoms with E-state index in [9.17, 15) is 9.59 Å². The van der Waals surface area contributed by atoms with Crippen molar-refractivity contribution in [1.29, 1.82) is 5.26 Å². The summed E-state index contributed by atoms with van der Waals surface area (Å²) in [5.74, 6) is -0.777. The molecule has 16 heavy (non-hydrogen) atoms. The Kier molecular flexibility index (Phi) is 3.62. The third-order valence-corrected chi connectivity index (χ3v) is 1.80. The monoisotopic (exact) mass is 218 g/mol. The zero-order valence-electron chi connectivity index (χ0n) is 8.93. The Balaban J connectivity index is 2.93. The molecule has 0 bridgehead atoms. The summed E-state index contributed by atoms with van der Waals surface area (Å²) in [4.78, 5) is 23.0. The van der Waals surface area contributed by atoms with Crippen LogP contribution in [0.1, 0.15) is 13.8 Å². The second-order valence-electron chi connectivity index (χ2n) is 3.05. The molecule has 1 rings (SSSR count). The zero-order valence-corrected chi connectivity index (χ0v) is 8.93. The molecule has 0 aromatic rings. The van der Waals surface area contributed by atoms with E-state index in [0.717, 1.165) is 0 Å². The lowest BCUT2D eigenvalue weighted by atomic mass is 10.2. The largest absolute Gasteiger partial charge is 0.415 e. The third-order valence-electron chi connectivity index (χ3n) is 1.80. The molecule has 0 atom stereocenters. The van der Waals surface area contributed by atoms with Crippen LogP contribution in [0.15, 0.2) is 35.9 Å². The number of carbonyl (C=O) groups is 2. The Labute approximate surface area is 92.9 Å². The van der Waals surface area contributed by atoms with Gasteiger partial charge in [0, 0.05) is 31.8 Å². The van der Waals surface area contributed by atoms with E-state index >= 15 is 0 Å². The number of nitriles is 1. The quantitative estimate of drug-likeness (QED) is 0.377. The van der Waals surface area contributed by atoms with Gasteiger partial charge in [0.15, 0.2) is 0 Å². The van der Waals surface area contributed by atoms with Crippen LogP contribution in [0, 0.1) is 11.3 Å². The molecule has 0 aromatic heterocycles. The van der Waals surface area contributed by atoms with Crippen LogP contribution in [0.2, 0.25) is 0 Å². The maximum absolute atomic E-state index is 11.0. The molecule has 5 nitrogen and oxygen atoms in total. The van der Waals surface area contributed by atoms with Crippen LogP contribution in [-0.4, -0.2) is 16.8 Å². The van der Waals surface area contributed by atoms with Gasteiger partial charge in [-0.1, -0.05) is 0 Å². The van der Waals surface area contributed by atoms with E-state index in [1.165, 1.54) is 43.3 Å². The van der Waals surface area contributed by atoms with Gasteiger partial charge in [-0.05, 0) is 12.2 Å². The number of amides is 1. The molecule has 1 heterocycles. The normalized spacial score (nSPS) is 13.3. The van der Waals surface area contributed by atoms with E-state index in [1.54, 1.807) is 6.07 Å². The van der Waals surface area contributed by atoms with E-state index < -0.39 is 5.97 Å². The van der Waals surface area contributed by atoms with Crippen LogP contribution in [0.5, 0.6) is 0 Å². The number of esters is 1. The lowest BCUT2D eigenvalue weighted by Crippen LogP contribution is -2.17. The van der Waals surface area contributed by atoms with E-state index in [4.69, 9.17) is 10.00 Å². The van der Waals surface area contributed by atoms with Gasteiger partial charge >= 0.3 is 5.97 Å². The third kappa shape index (κ3) is 2.82. The standard InChI is InChI=1S/C11H10N2O3/c1-8(14)13-5-3-10(4-6-13)11(7-12)16-9(2)15/h3-6H,1-2H3. The van der Waals surface area contributed by atoms with Crippen LogP contribution < -0.4 is 0 Å². The fraction of sp³-hybridized carbons (Fsp3) is 0.182. The number of hydrogen-bond acceptors (Lipinski definition) is 4. The van der Waals surface area contributed by atoms with Gasteiger partial charge in [-0.25, -0.2) is 0 Å². The molecule has 0 aromatic carbocycles. The lowest BCUT2D eigenvalue weighted by Gasteiger charge is -2.14. The summed E-state index contributed by atoms with van der Waals surface area (Å²) in [5, 5.41) is 8.77. The topological polar surface area (TPSA) is 70.4 Å². The van der Waals surface area contributed by atoms with Crippen molar-refractivity contribution in [1.82, 2.24) is 4.90 Å². The molecular formula is C11H10N2O3. The van der Waals surface area contributed by atoms with Crippen LogP contribution in [0.4, 0.5) is 0 Å². The number of nitrogens with zero attached hydrogens (tertiary/aromatic N) is 2. The molecule has 0 radical (unpaired) electrons. The van der Waals surface area contributed by atoms with E-state index in [1.807, 2.05) is 0 Å². The van der Waals surface area contributed by atoms with Gasteiger partial charge in [0.25, 0.3) is 0 Å². The van der Waals surface area contributed by atoms with Crippen molar-refractivity contribution >= 4 is 11.9 Å². The lowest BCUT2D eigenvalue weighted by molar-refractivity contribution is -0.136. The van der Waals surface area contributed by atoms with Crippen LogP contribution >= 0.6 is 0 Å². The zero-order chi connectivity index (χ0) is 12.1. The van der Waals surface area contributed by atoms with Gasteiger partial charge in [0.1, 0.15) is 6.07 Å². The Morgan fingerprint density at radius 1 is 1.31 bits per heavy atom. The number of allylic oxidation sites excluding steroid dienone is 4.